The van der Waals surface area contributed by atoms with Crippen LogP contribution in [0.25, 0.3) is 0 Å². The third-order valence-corrected chi connectivity index (χ3v) is 4.70. The Morgan fingerprint density at radius 1 is 1.27 bits per heavy atom. The third kappa shape index (κ3) is 4.54. The number of aryl methyl sites for hydroxylation is 4. The molecule has 1 aliphatic heterocycles. The van der Waals surface area contributed by atoms with Gasteiger partial charge in [-0.05, 0) is 34.1 Å². The molecule has 1 unspecified atom stereocenters. The van der Waals surface area contributed by atoms with E-state index in [0.29, 0.717) is 12.6 Å². The van der Waals surface area contributed by atoms with Crippen LogP contribution in [0.15, 0.2) is 4.99 Å². The second-order valence-electron chi connectivity index (χ2n) is 6.61. The predicted octanol–water partition coefficient (Wildman–Crippen LogP) is 1.62. The number of hydrogen-bond donors (Lipinski definition) is 2. The summed E-state index contributed by atoms with van der Waals surface area (Å²) in [5.74, 6) is 2.77. The Hall–Kier alpha value is -1.65. The fourth-order valence-electron chi connectivity index (χ4n) is 3.27. The molecular formula is C17H29IN8. The molecule has 1 atom stereocenters. The Morgan fingerprint density at radius 2 is 2.04 bits per heavy atom. The summed E-state index contributed by atoms with van der Waals surface area (Å²) >= 11 is 0. The van der Waals surface area contributed by atoms with Crippen molar-refractivity contribution in [2.24, 2.45) is 12.0 Å². The summed E-state index contributed by atoms with van der Waals surface area (Å²) in [4.78, 5) is 9.24. The van der Waals surface area contributed by atoms with Gasteiger partial charge in [-0.3, -0.25) is 4.68 Å². The van der Waals surface area contributed by atoms with Gasteiger partial charge in [-0.2, -0.15) is 10.2 Å². The van der Waals surface area contributed by atoms with E-state index >= 15 is 0 Å². The summed E-state index contributed by atoms with van der Waals surface area (Å²) in [6.45, 7) is 10.4. The molecule has 0 saturated heterocycles. The smallest absolute Gasteiger partial charge is 0.191 e. The van der Waals surface area contributed by atoms with Crippen molar-refractivity contribution >= 4 is 29.9 Å². The van der Waals surface area contributed by atoms with E-state index in [9.17, 15) is 0 Å². The summed E-state index contributed by atoms with van der Waals surface area (Å²) in [6, 6.07) is 0.308. The van der Waals surface area contributed by atoms with Crippen molar-refractivity contribution in [1.29, 1.82) is 0 Å². The zero-order chi connectivity index (χ0) is 18.0. The van der Waals surface area contributed by atoms with Gasteiger partial charge in [0.15, 0.2) is 5.96 Å². The van der Waals surface area contributed by atoms with Crippen molar-refractivity contribution in [2.45, 2.75) is 59.7 Å². The van der Waals surface area contributed by atoms with Crippen molar-refractivity contribution in [2.75, 3.05) is 6.54 Å². The highest BCUT2D eigenvalue weighted by Crippen LogP contribution is 2.14. The van der Waals surface area contributed by atoms with Crippen molar-refractivity contribution in [1.82, 2.24) is 35.2 Å². The Bertz CT molecular complexity index is 776. The van der Waals surface area contributed by atoms with E-state index in [4.69, 9.17) is 4.99 Å². The standard InChI is InChI=1S/C17H28N8.HI/c1-6-18-17(19-9-15-11(2)22-24(5)12(15)3)21-14-7-8-16-20-13(4)23-25(16)10-14;/h14H,6-10H2,1-5H3,(H2,18,19,21);1H. The second kappa shape index (κ2) is 8.83. The Balaban J connectivity index is 0.00000243. The summed E-state index contributed by atoms with van der Waals surface area (Å²) in [5, 5.41) is 15.8. The van der Waals surface area contributed by atoms with Gasteiger partial charge in [0.2, 0.25) is 0 Å². The van der Waals surface area contributed by atoms with Crippen LogP contribution in [-0.4, -0.2) is 43.1 Å². The molecule has 2 aromatic rings. The first-order valence-electron chi connectivity index (χ1n) is 8.92. The molecule has 0 spiro atoms. The molecule has 2 aromatic heterocycles. The largest absolute Gasteiger partial charge is 0.357 e. The topological polar surface area (TPSA) is 84.9 Å². The van der Waals surface area contributed by atoms with E-state index in [0.717, 1.165) is 54.9 Å². The first-order chi connectivity index (χ1) is 12.0. The van der Waals surface area contributed by atoms with Crippen LogP contribution in [0.2, 0.25) is 0 Å². The fraction of sp³-hybridized carbons (Fsp3) is 0.647. The van der Waals surface area contributed by atoms with Crippen molar-refractivity contribution < 1.29 is 0 Å². The van der Waals surface area contributed by atoms with Gasteiger partial charge < -0.3 is 10.6 Å². The average molecular weight is 472 g/mol. The molecule has 0 bridgehead atoms. The van der Waals surface area contributed by atoms with Gasteiger partial charge in [0, 0.05) is 37.3 Å². The molecule has 0 radical (unpaired) electrons. The molecule has 0 amide bonds. The molecule has 26 heavy (non-hydrogen) atoms. The van der Waals surface area contributed by atoms with Crippen molar-refractivity contribution in [3.05, 3.63) is 28.6 Å². The molecule has 3 rings (SSSR count). The van der Waals surface area contributed by atoms with Gasteiger partial charge in [0.1, 0.15) is 11.6 Å². The van der Waals surface area contributed by atoms with E-state index < -0.39 is 0 Å². The number of nitrogens with zero attached hydrogens (tertiary/aromatic N) is 6. The maximum absolute atomic E-state index is 4.77. The molecule has 9 heteroatoms. The molecular weight excluding hydrogens is 443 g/mol. The summed E-state index contributed by atoms with van der Waals surface area (Å²) < 4.78 is 3.92. The van der Waals surface area contributed by atoms with Crippen LogP contribution in [0.1, 0.15) is 41.9 Å². The van der Waals surface area contributed by atoms with E-state index in [2.05, 4.69) is 39.7 Å². The van der Waals surface area contributed by atoms with Crippen LogP contribution in [0.5, 0.6) is 0 Å². The number of aromatic nitrogens is 5. The number of hydrogen-bond acceptors (Lipinski definition) is 4. The van der Waals surface area contributed by atoms with Gasteiger partial charge in [-0.1, -0.05) is 0 Å². The van der Waals surface area contributed by atoms with Gasteiger partial charge in [-0.15, -0.1) is 24.0 Å². The lowest BCUT2D eigenvalue weighted by molar-refractivity contribution is 0.392. The maximum atomic E-state index is 4.77. The van der Waals surface area contributed by atoms with Crippen LogP contribution in [0.4, 0.5) is 0 Å². The van der Waals surface area contributed by atoms with Gasteiger partial charge in [0.05, 0.1) is 18.8 Å². The fourth-order valence-corrected chi connectivity index (χ4v) is 3.27. The SMILES string of the molecule is CCNC(=NCc1c(C)nn(C)c1C)NC1CCc2nc(C)nn2C1.I. The van der Waals surface area contributed by atoms with E-state index in [1.165, 1.54) is 5.56 Å². The minimum atomic E-state index is 0. The number of rotatable bonds is 4. The lowest BCUT2D eigenvalue weighted by atomic mass is 10.1. The first kappa shape index (κ1) is 20.7. The van der Waals surface area contributed by atoms with E-state index in [1.54, 1.807) is 0 Å². The number of guanidine groups is 1. The first-order valence-corrected chi connectivity index (χ1v) is 8.92. The third-order valence-electron chi connectivity index (χ3n) is 4.70. The molecule has 0 fully saturated rings. The Labute approximate surface area is 171 Å². The molecule has 0 aliphatic carbocycles. The van der Waals surface area contributed by atoms with Gasteiger partial charge >= 0.3 is 0 Å². The quantitative estimate of drug-likeness (QED) is 0.402. The van der Waals surface area contributed by atoms with E-state index in [1.807, 2.05) is 30.3 Å². The summed E-state index contributed by atoms with van der Waals surface area (Å²) in [6.07, 6.45) is 1.98. The predicted molar refractivity (Wildman–Crippen MR) is 113 cm³/mol. The molecule has 144 valence electrons. The number of fused-ring (bicyclic) bond motifs is 1. The lowest BCUT2D eigenvalue weighted by Gasteiger charge is -2.25. The zero-order valence-corrected chi connectivity index (χ0v) is 18.5. The summed E-state index contributed by atoms with van der Waals surface area (Å²) in [7, 11) is 1.97. The molecule has 0 aromatic carbocycles. The molecule has 8 nitrogen and oxygen atoms in total. The average Bonchev–Trinajstić information content (AvgIpc) is 3.04. The lowest BCUT2D eigenvalue weighted by Crippen LogP contribution is -2.47. The Morgan fingerprint density at radius 3 is 2.69 bits per heavy atom. The van der Waals surface area contributed by atoms with Crippen LogP contribution in [0, 0.1) is 20.8 Å². The molecule has 0 saturated carbocycles. The minimum absolute atomic E-state index is 0. The van der Waals surface area contributed by atoms with E-state index in [-0.39, 0.29) is 24.0 Å². The van der Waals surface area contributed by atoms with Crippen molar-refractivity contribution in [3.63, 3.8) is 0 Å². The molecule has 3 heterocycles. The van der Waals surface area contributed by atoms with Crippen LogP contribution >= 0.6 is 24.0 Å². The number of halogens is 1. The molecule has 1 aliphatic rings. The number of nitrogens with one attached hydrogen (secondary N) is 2. The van der Waals surface area contributed by atoms with Gasteiger partial charge in [0.25, 0.3) is 0 Å². The van der Waals surface area contributed by atoms with Gasteiger partial charge in [-0.25, -0.2) is 14.7 Å². The van der Waals surface area contributed by atoms with Crippen LogP contribution < -0.4 is 10.6 Å². The highest BCUT2D eigenvalue weighted by molar-refractivity contribution is 14.0. The minimum Gasteiger partial charge on any atom is -0.357 e. The van der Waals surface area contributed by atoms with Crippen molar-refractivity contribution in [3.8, 4) is 0 Å². The molecule has 2 N–H and O–H groups in total. The highest BCUT2D eigenvalue weighted by atomic mass is 127. The maximum Gasteiger partial charge on any atom is 0.191 e. The monoisotopic (exact) mass is 472 g/mol. The normalized spacial score (nSPS) is 16.8. The zero-order valence-electron chi connectivity index (χ0n) is 16.2. The van der Waals surface area contributed by atoms with Crippen LogP contribution in [-0.2, 0) is 26.6 Å². The second-order valence-corrected chi connectivity index (χ2v) is 6.61. The highest BCUT2D eigenvalue weighted by Gasteiger charge is 2.21. The number of aliphatic imine (C=N–C) groups is 1. The summed E-state index contributed by atoms with van der Waals surface area (Å²) in [5.41, 5.74) is 3.40. The van der Waals surface area contributed by atoms with Crippen LogP contribution in [0.3, 0.4) is 0 Å². The Kier molecular flexibility index (Phi) is 7.01.